The summed E-state index contributed by atoms with van der Waals surface area (Å²) in [5.41, 5.74) is 7.62. The van der Waals surface area contributed by atoms with E-state index in [2.05, 4.69) is 6.07 Å². The molecule has 1 aromatic carbocycles. The number of nitrogens with zero attached hydrogens (tertiary/aromatic N) is 2. The van der Waals surface area contributed by atoms with Gasteiger partial charge in [0.05, 0.1) is 17.3 Å². The Morgan fingerprint density at radius 2 is 2.29 bits per heavy atom. The Kier molecular flexibility index (Phi) is 2.74. The second-order valence-corrected chi connectivity index (χ2v) is 4.06. The summed E-state index contributed by atoms with van der Waals surface area (Å²) in [4.78, 5) is 13.3. The molecule has 0 unspecified atom stereocenters. The summed E-state index contributed by atoms with van der Waals surface area (Å²) in [5.74, 6) is 0.377. The molecule has 0 bridgehead atoms. The van der Waals surface area contributed by atoms with E-state index in [1.54, 1.807) is 19.2 Å². The predicted octanol–water partition coefficient (Wildman–Crippen LogP) is 0.549. The number of carbonyl (C=O) groups is 1. The minimum absolute atomic E-state index is 0.154. The SMILES string of the molecule is Cc1cc2c(cc1C#N)N(C)C(=O)[C@@H](N)CO2. The van der Waals surface area contributed by atoms with Gasteiger partial charge in [-0.25, -0.2) is 0 Å². The van der Waals surface area contributed by atoms with Crippen molar-refractivity contribution in [2.75, 3.05) is 18.6 Å². The molecule has 1 heterocycles. The van der Waals surface area contributed by atoms with Crippen LogP contribution < -0.4 is 15.4 Å². The molecule has 88 valence electrons. The highest BCUT2D eigenvalue weighted by atomic mass is 16.5. The van der Waals surface area contributed by atoms with Crippen LogP contribution in [-0.4, -0.2) is 25.6 Å². The lowest BCUT2D eigenvalue weighted by Crippen LogP contribution is -2.43. The molecule has 0 saturated carbocycles. The minimum Gasteiger partial charge on any atom is -0.489 e. The van der Waals surface area contributed by atoms with Crippen molar-refractivity contribution in [1.82, 2.24) is 0 Å². The molecule has 17 heavy (non-hydrogen) atoms. The van der Waals surface area contributed by atoms with Crippen molar-refractivity contribution in [3.05, 3.63) is 23.3 Å². The fourth-order valence-electron chi connectivity index (χ4n) is 1.79. The molecule has 1 aliphatic heterocycles. The number of amides is 1. The molecule has 0 aromatic heterocycles. The number of hydrogen-bond acceptors (Lipinski definition) is 4. The van der Waals surface area contributed by atoms with Gasteiger partial charge in [-0.05, 0) is 24.6 Å². The molecule has 0 spiro atoms. The van der Waals surface area contributed by atoms with E-state index in [9.17, 15) is 4.79 Å². The third-order valence-corrected chi connectivity index (χ3v) is 2.85. The summed E-state index contributed by atoms with van der Waals surface area (Å²) in [5, 5.41) is 8.98. The molecule has 1 aliphatic rings. The van der Waals surface area contributed by atoms with Crippen molar-refractivity contribution in [3.8, 4) is 11.8 Å². The molecule has 0 aliphatic carbocycles. The van der Waals surface area contributed by atoms with E-state index >= 15 is 0 Å². The number of hydrogen-bond donors (Lipinski definition) is 1. The van der Waals surface area contributed by atoms with E-state index in [0.717, 1.165) is 5.56 Å². The first-order valence-electron chi connectivity index (χ1n) is 5.25. The van der Waals surface area contributed by atoms with Crippen LogP contribution in [0.5, 0.6) is 5.75 Å². The zero-order valence-electron chi connectivity index (χ0n) is 9.73. The largest absolute Gasteiger partial charge is 0.489 e. The topological polar surface area (TPSA) is 79.4 Å². The number of carbonyl (C=O) groups excluding carboxylic acids is 1. The van der Waals surface area contributed by atoms with Crippen molar-refractivity contribution in [3.63, 3.8) is 0 Å². The standard InChI is InChI=1S/C12H13N3O2/c1-7-3-11-10(4-8(7)5-13)15(2)12(16)9(14)6-17-11/h3-4,9H,6,14H2,1-2H3/t9-/m0/s1. The molecule has 0 fully saturated rings. The van der Waals surface area contributed by atoms with Crippen molar-refractivity contribution >= 4 is 11.6 Å². The van der Waals surface area contributed by atoms with Crippen LogP contribution in [0.4, 0.5) is 5.69 Å². The van der Waals surface area contributed by atoms with Crippen molar-refractivity contribution in [1.29, 1.82) is 5.26 Å². The van der Waals surface area contributed by atoms with Crippen LogP contribution in [0.2, 0.25) is 0 Å². The summed E-state index contributed by atoms with van der Waals surface area (Å²) < 4.78 is 5.48. The van der Waals surface area contributed by atoms with Crippen LogP contribution in [0.25, 0.3) is 0 Å². The second kappa shape index (κ2) is 4.07. The van der Waals surface area contributed by atoms with Gasteiger partial charge in [0.1, 0.15) is 18.4 Å². The number of nitrogens with two attached hydrogens (primary N) is 1. The number of aryl methyl sites for hydroxylation is 1. The highest BCUT2D eigenvalue weighted by Crippen LogP contribution is 2.33. The van der Waals surface area contributed by atoms with Crippen LogP contribution in [-0.2, 0) is 4.79 Å². The van der Waals surface area contributed by atoms with Gasteiger partial charge in [0.25, 0.3) is 0 Å². The molecule has 2 N–H and O–H groups in total. The first-order valence-corrected chi connectivity index (χ1v) is 5.25. The van der Waals surface area contributed by atoms with E-state index in [1.165, 1.54) is 4.90 Å². The molecule has 1 atom stereocenters. The Morgan fingerprint density at radius 1 is 1.59 bits per heavy atom. The van der Waals surface area contributed by atoms with Crippen LogP contribution in [0, 0.1) is 18.3 Å². The fraction of sp³-hybridized carbons (Fsp3) is 0.333. The number of anilines is 1. The molecule has 2 rings (SSSR count). The van der Waals surface area contributed by atoms with Gasteiger partial charge in [-0.2, -0.15) is 5.26 Å². The monoisotopic (exact) mass is 231 g/mol. The van der Waals surface area contributed by atoms with Crippen molar-refractivity contribution < 1.29 is 9.53 Å². The third kappa shape index (κ3) is 1.83. The normalized spacial score (nSPS) is 19.1. The van der Waals surface area contributed by atoms with Gasteiger partial charge in [0.2, 0.25) is 5.91 Å². The van der Waals surface area contributed by atoms with E-state index in [-0.39, 0.29) is 12.5 Å². The molecule has 5 nitrogen and oxygen atoms in total. The Labute approximate surface area is 99.4 Å². The molecule has 0 radical (unpaired) electrons. The Bertz CT molecular complexity index is 519. The van der Waals surface area contributed by atoms with Gasteiger partial charge in [0.15, 0.2) is 0 Å². The summed E-state index contributed by atoms with van der Waals surface area (Å²) >= 11 is 0. The number of nitriles is 1. The molecule has 1 amide bonds. The van der Waals surface area contributed by atoms with Crippen LogP contribution >= 0.6 is 0 Å². The Hall–Kier alpha value is -2.06. The first-order chi connectivity index (χ1) is 8.04. The molecular weight excluding hydrogens is 218 g/mol. The van der Waals surface area contributed by atoms with Gasteiger partial charge >= 0.3 is 0 Å². The number of benzene rings is 1. The smallest absolute Gasteiger partial charge is 0.247 e. The highest BCUT2D eigenvalue weighted by Gasteiger charge is 2.27. The maximum atomic E-state index is 11.8. The summed E-state index contributed by atoms with van der Waals surface area (Å²) in [6.07, 6.45) is 0. The van der Waals surface area contributed by atoms with Gasteiger partial charge in [-0.3, -0.25) is 4.79 Å². The maximum absolute atomic E-state index is 11.8. The lowest BCUT2D eigenvalue weighted by Gasteiger charge is -2.18. The molecular formula is C12H13N3O2. The van der Waals surface area contributed by atoms with E-state index in [4.69, 9.17) is 15.7 Å². The van der Waals surface area contributed by atoms with E-state index < -0.39 is 6.04 Å². The van der Waals surface area contributed by atoms with Gasteiger partial charge < -0.3 is 15.4 Å². The average molecular weight is 231 g/mol. The lowest BCUT2D eigenvalue weighted by atomic mass is 10.1. The van der Waals surface area contributed by atoms with Gasteiger partial charge in [-0.1, -0.05) is 0 Å². The fourth-order valence-corrected chi connectivity index (χ4v) is 1.79. The van der Waals surface area contributed by atoms with Crippen molar-refractivity contribution in [2.24, 2.45) is 5.73 Å². The number of likely N-dealkylation sites (N-methyl/N-ethyl adjacent to an activating group) is 1. The number of fused-ring (bicyclic) bond motifs is 1. The van der Waals surface area contributed by atoms with Gasteiger partial charge in [-0.15, -0.1) is 0 Å². The second-order valence-electron chi connectivity index (χ2n) is 4.06. The summed E-state index contributed by atoms with van der Waals surface area (Å²) in [7, 11) is 1.63. The zero-order valence-corrected chi connectivity index (χ0v) is 9.73. The van der Waals surface area contributed by atoms with Crippen LogP contribution in [0.1, 0.15) is 11.1 Å². The lowest BCUT2D eigenvalue weighted by molar-refractivity contribution is -0.119. The number of rotatable bonds is 0. The highest BCUT2D eigenvalue weighted by molar-refractivity contribution is 5.98. The van der Waals surface area contributed by atoms with Crippen LogP contribution in [0.3, 0.4) is 0 Å². The van der Waals surface area contributed by atoms with Gasteiger partial charge in [0, 0.05) is 7.05 Å². The molecule has 1 aromatic rings. The minimum atomic E-state index is -0.668. The predicted molar refractivity (Wildman–Crippen MR) is 62.8 cm³/mol. The van der Waals surface area contributed by atoms with Crippen molar-refractivity contribution in [2.45, 2.75) is 13.0 Å². The third-order valence-electron chi connectivity index (χ3n) is 2.85. The number of ether oxygens (including phenoxy) is 1. The first kappa shape index (κ1) is 11.4. The molecule has 5 heteroatoms. The Morgan fingerprint density at radius 3 is 2.94 bits per heavy atom. The quantitative estimate of drug-likeness (QED) is 0.707. The van der Waals surface area contributed by atoms with E-state index in [0.29, 0.717) is 17.0 Å². The van der Waals surface area contributed by atoms with Crippen LogP contribution in [0.15, 0.2) is 12.1 Å². The zero-order chi connectivity index (χ0) is 12.6. The Balaban J connectivity index is 2.57. The molecule has 0 saturated heterocycles. The average Bonchev–Trinajstić information content (AvgIpc) is 2.42. The summed E-state index contributed by atoms with van der Waals surface area (Å²) in [6, 6.07) is 4.83. The van der Waals surface area contributed by atoms with E-state index in [1.807, 2.05) is 6.92 Å². The maximum Gasteiger partial charge on any atom is 0.247 e. The summed E-state index contributed by atoms with van der Waals surface area (Å²) in [6.45, 7) is 1.98.